The number of hydrogen-bond donors (Lipinski definition) is 1. The lowest BCUT2D eigenvalue weighted by Gasteiger charge is -2.05. The fraction of sp³-hybridized carbons (Fsp3) is 0.200. The number of hydrogen-bond acceptors (Lipinski definition) is 5. The van der Waals surface area contributed by atoms with Crippen LogP contribution in [0.3, 0.4) is 0 Å². The lowest BCUT2D eigenvalue weighted by Crippen LogP contribution is -1.98. The highest BCUT2D eigenvalue weighted by Gasteiger charge is 2.17. The highest BCUT2D eigenvalue weighted by Crippen LogP contribution is 2.56. The maximum atomic E-state index is 10.8. The number of nitrogens with two attached hydrogens (primary N) is 1. The molecule has 0 radical (unpaired) electrons. The minimum absolute atomic E-state index is 0.00154. The van der Waals surface area contributed by atoms with Crippen molar-refractivity contribution >= 4 is 34.5 Å². The first kappa shape index (κ1) is 10.6. The van der Waals surface area contributed by atoms with Gasteiger partial charge in [-0.25, -0.2) is 9.55 Å². The molecular formula is C5H6Cl2N3O2P. The zero-order chi connectivity index (χ0) is 10.1. The van der Waals surface area contributed by atoms with Gasteiger partial charge in [0.05, 0.1) is 0 Å². The van der Waals surface area contributed by atoms with E-state index in [4.69, 9.17) is 28.2 Å². The minimum atomic E-state index is -3.63. The minimum Gasteiger partial charge on any atom is -0.404 e. The van der Waals surface area contributed by atoms with E-state index in [-0.39, 0.29) is 11.8 Å². The predicted molar refractivity (Wildman–Crippen MR) is 51.1 cm³/mol. The molecule has 72 valence electrons. The van der Waals surface area contributed by atoms with Crippen molar-refractivity contribution in [3.05, 3.63) is 11.8 Å². The number of nitrogen functional groups attached to an aromatic ring is 1. The van der Waals surface area contributed by atoms with Crippen molar-refractivity contribution in [2.24, 2.45) is 0 Å². The van der Waals surface area contributed by atoms with E-state index in [0.717, 1.165) is 0 Å². The molecule has 1 rings (SSSR count). The van der Waals surface area contributed by atoms with Gasteiger partial charge in [-0.3, -0.25) is 0 Å². The third kappa shape index (κ3) is 3.81. The third-order valence-corrected chi connectivity index (χ3v) is 1.86. The summed E-state index contributed by atoms with van der Waals surface area (Å²) >= 11 is 10.3. The van der Waals surface area contributed by atoms with Gasteiger partial charge in [0.2, 0.25) is 11.8 Å². The predicted octanol–water partition coefficient (Wildman–Crippen LogP) is 2.33. The first-order valence-electron chi connectivity index (χ1n) is 3.17. The van der Waals surface area contributed by atoms with E-state index < -0.39 is 6.07 Å². The molecule has 0 aliphatic carbocycles. The van der Waals surface area contributed by atoms with Crippen molar-refractivity contribution < 1.29 is 9.09 Å². The zero-order valence-electron chi connectivity index (χ0n) is 6.57. The first-order valence-corrected chi connectivity index (χ1v) is 6.60. The van der Waals surface area contributed by atoms with Crippen LogP contribution in [-0.4, -0.2) is 9.97 Å². The Morgan fingerprint density at radius 2 is 2.15 bits per heavy atom. The summed E-state index contributed by atoms with van der Waals surface area (Å²) in [6, 6.07) is 1.42. The van der Waals surface area contributed by atoms with Gasteiger partial charge in [0, 0.05) is 34.2 Å². The Morgan fingerprint density at radius 1 is 1.54 bits per heavy atom. The molecule has 1 aromatic heterocycles. The lowest BCUT2D eigenvalue weighted by atomic mass is 10.4. The van der Waals surface area contributed by atoms with Gasteiger partial charge in [0.25, 0.3) is 0 Å². The Kier molecular flexibility index (Phi) is 3.01. The Morgan fingerprint density at radius 3 is 2.62 bits per heavy atom. The second-order valence-corrected chi connectivity index (χ2v) is 6.41. The summed E-state index contributed by atoms with van der Waals surface area (Å²) in [6.45, 7) is 1.68. The maximum Gasteiger partial charge on any atom is 0.429 e. The molecule has 0 fully saturated rings. The van der Waals surface area contributed by atoms with E-state index in [1.165, 1.54) is 6.07 Å². The molecule has 0 saturated carbocycles. The summed E-state index contributed by atoms with van der Waals surface area (Å²) in [7, 11) is 0. The fourth-order valence-corrected chi connectivity index (χ4v) is 1.45. The van der Waals surface area contributed by atoms with Gasteiger partial charge in [-0.05, 0) is 6.92 Å². The van der Waals surface area contributed by atoms with Crippen molar-refractivity contribution in [1.82, 2.24) is 9.97 Å². The van der Waals surface area contributed by atoms with Crippen molar-refractivity contribution in [3.63, 3.8) is 0 Å². The van der Waals surface area contributed by atoms with Gasteiger partial charge in [0.15, 0.2) is 0 Å². The van der Waals surface area contributed by atoms with Gasteiger partial charge in [-0.1, -0.05) is 0 Å². The van der Waals surface area contributed by atoms with Crippen LogP contribution in [0.5, 0.6) is 5.88 Å². The van der Waals surface area contributed by atoms with Crippen molar-refractivity contribution in [1.29, 1.82) is 0 Å². The third-order valence-electron chi connectivity index (χ3n) is 1.05. The summed E-state index contributed by atoms with van der Waals surface area (Å²) < 4.78 is 15.4. The SMILES string of the molecule is Cc1cc(OP(=O)(Cl)Cl)nc(N)n1. The molecule has 8 heteroatoms. The molecule has 0 aliphatic heterocycles. The Balaban J connectivity index is 2.96. The molecule has 1 aromatic rings. The van der Waals surface area contributed by atoms with Crippen LogP contribution in [0.15, 0.2) is 6.07 Å². The molecule has 0 atom stereocenters. The smallest absolute Gasteiger partial charge is 0.404 e. The summed E-state index contributed by atoms with van der Waals surface area (Å²) in [6.07, 6.45) is -3.63. The number of aromatic nitrogens is 2. The zero-order valence-corrected chi connectivity index (χ0v) is 8.98. The van der Waals surface area contributed by atoms with Crippen LogP contribution in [0, 0.1) is 6.92 Å². The van der Waals surface area contributed by atoms with Crippen LogP contribution >= 0.6 is 28.6 Å². The van der Waals surface area contributed by atoms with Crippen LogP contribution in [-0.2, 0) is 4.57 Å². The average molecular weight is 242 g/mol. The fourth-order valence-electron chi connectivity index (χ4n) is 0.717. The van der Waals surface area contributed by atoms with Gasteiger partial charge < -0.3 is 10.3 Å². The highest BCUT2D eigenvalue weighted by molar-refractivity contribution is 8.05. The monoisotopic (exact) mass is 241 g/mol. The van der Waals surface area contributed by atoms with Gasteiger partial charge in [0.1, 0.15) is 0 Å². The van der Waals surface area contributed by atoms with E-state index >= 15 is 0 Å². The summed E-state index contributed by atoms with van der Waals surface area (Å²) in [5.41, 5.74) is 5.87. The molecule has 0 amide bonds. The number of nitrogens with zero attached hydrogens (tertiary/aromatic N) is 2. The van der Waals surface area contributed by atoms with Crippen molar-refractivity contribution in [2.45, 2.75) is 6.92 Å². The topological polar surface area (TPSA) is 78.1 Å². The lowest BCUT2D eigenvalue weighted by molar-refractivity contribution is 0.502. The second-order valence-electron chi connectivity index (χ2n) is 2.21. The summed E-state index contributed by atoms with van der Waals surface area (Å²) in [5.74, 6) is 0.00937. The normalized spacial score (nSPS) is 11.3. The Bertz CT molecular complexity index is 347. The van der Waals surface area contributed by atoms with Crippen LogP contribution in [0.4, 0.5) is 5.95 Å². The number of anilines is 1. The molecule has 0 bridgehead atoms. The number of rotatable bonds is 2. The molecule has 0 saturated heterocycles. The first-order chi connectivity index (χ1) is 5.87. The molecular weight excluding hydrogens is 236 g/mol. The molecule has 13 heavy (non-hydrogen) atoms. The van der Waals surface area contributed by atoms with E-state index in [9.17, 15) is 4.57 Å². The second kappa shape index (κ2) is 3.70. The Labute approximate surface area is 84.3 Å². The molecule has 0 aliphatic rings. The van der Waals surface area contributed by atoms with E-state index in [0.29, 0.717) is 5.69 Å². The molecule has 1 heterocycles. The molecule has 5 nitrogen and oxygen atoms in total. The van der Waals surface area contributed by atoms with Crippen LogP contribution in [0.25, 0.3) is 0 Å². The van der Waals surface area contributed by atoms with Crippen LogP contribution in [0.2, 0.25) is 0 Å². The van der Waals surface area contributed by atoms with Gasteiger partial charge in [-0.2, -0.15) is 4.98 Å². The molecule has 0 spiro atoms. The van der Waals surface area contributed by atoms with Crippen molar-refractivity contribution in [2.75, 3.05) is 5.73 Å². The highest BCUT2D eigenvalue weighted by atomic mass is 35.9. The average Bonchev–Trinajstić information content (AvgIpc) is 1.78. The van der Waals surface area contributed by atoms with E-state index in [1.54, 1.807) is 6.92 Å². The molecule has 2 N–H and O–H groups in total. The Hall–Kier alpha value is -0.510. The van der Waals surface area contributed by atoms with E-state index in [1.807, 2.05) is 0 Å². The van der Waals surface area contributed by atoms with E-state index in [2.05, 4.69) is 14.5 Å². The van der Waals surface area contributed by atoms with Crippen LogP contribution < -0.4 is 10.3 Å². The summed E-state index contributed by atoms with van der Waals surface area (Å²) in [5, 5.41) is 0. The largest absolute Gasteiger partial charge is 0.429 e. The standard InChI is InChI=1S/C5H6Cl2N3O2P/c1-3-2-4(10-5(8)9-3)12-13(6,7)11/h2H,1H3,(H2,8,9,10). The molecule has 0 aromatic carbocycles. The maximum absolute atomic E-state index is 10.8. The van der Waals surface area contributed by atoms with Gasteiger partial charge >= 0.3 is 6.07 Å². The quantitative estimate of drug-likeness (QED) is 0.805. The van der Waals surface area contributed by atoms with Crippen molar-refractivity contribution in [3.8, 4) is 5.88 Å². The molecule has 0 unspecified atom stereocenters. The van der Waals surface area contributed by atoms with Crippen LogP contribution in [0.1, 0.15) is 5.69 Å². The number of halogens is 2. The van der Waals surface area contributed by atoms with Gasteiger partial charge in [-0.15, -0.1) is 0 Å². The summed E-state index contributed by atoms with van der Waals surface area (Å²) in [4.78, 5) is 7.40. The number of aryl methyl sites for hydroxylation is 1.